The normalized spacial score (nSPS) is 26.2. The molecule has 1 N–H and O–H groups in total. The first-order valence-corrected chi connectivity index (χ1v) is 7.60. The standard InChI is InChI=1S/C15H28N2O2/c1-12(13-4-6-16-7-5-13)10-14(18)17-8-9-19-15(2,3)11-17/h12-13,16H,4-11H2,1-3H3. The van der Waals surface area contributed by atoms with Crippen molar-refractivity contribution in [3.63, 3.8) is 0 Å². The first-order valence-electron chi connectivity index (χ1n) is 7.60. The molecule has 1 atom stereocenters. The van der Waals surface area contributed by atoms with Crippen molar-refractivity contribution in [3.05, 3.63) is 0 Å². The lowest BCUT2D eigenvalue weighted by Crippen LogP contribution is -2.51. The predicted octanol–water partition coefficient (Wildman–Crippen LogP) is 1.65. The second kappa shape index (κ2) is 6.23. The Morgan fingerprint density at radius 1 is 1.42 bits per heavy atom. The second-order valence-electron chi connectivity index (χ2n) is 6.69. The van der Waals surface area contributed by atoms with Crippen LogP contribution in [0.2, 0.25) is 0 Å². The van der Waals surface area contributed by atoms with E-state index >= 15 is 0 Å². The van der Waals surface area contributed by atoms with Gasteiger partial charge in [-0.25, -0.2) is 0 Å². The number of piperidine rings is 1. The molecule has 2 rings (SSSR count). The smallest absolute Gasteiger partial charge is 0.223 e. The van der Waals surface area contributed by atoms with Crippen molar-refractivity contribution in [2.45, 2.75) is 45.6 Å². The highest BCUT2D eigenvalue weighted by Gasteiger charge is 2.31. The summed E-state index contributed by atoms with van der Waals surface area (Å²) in [4.78, 5) is 14.4. The third-order valence-electron chi connectivity index (χ3n) is 4.46. The number of nitrogens with one attached hydrogen (secondary N) is 1. The van der Waals surface area contributed by atoms with Crippen molar-refractivity contribution < 1.29 is 9.53 Å². The van der Waals surface area contributed by atoms with E-state index in [0.717, 1.165) is 26.2 Å². The van der Waals surface area contributed by atoms with Crippen LogP contribution in [-0.2, 0) is 9.53 Å². The average Bonchev–Trinajstić information content (AvgIpc) is 2.38. The molecule has 1 amide bonds. The van der Waals surface area contributed by atoms with E-state index in [1.807, 2.05) is 4.90 Å². The van der Waals surface area contributed by atoms with Crippen LogP contribution in [0.1, 0.15) is 40.0 Å². The minimum absolute atomic E-state index is 0.189. The summed E-state index contributed by atoms with van der Waals surface area (Å²) in [6.07, 6.45) is 3.12. The summed E-state index contributed by atoms with van der Waals surface area (Å²) in [7, 11) is 0. The molecule has 0 saturated carbocycles. The highest BCUT2D eigenvalue weighted by molar-refractivity contribution is 5.76. The number of morpholine rings is 1. The van der Waals surface area contributed by atoms with Crippen LogP contribution in [0.5, 0.6) is 0 Å². The van der Waals surface area contributed by atoms with Crippen molar-refractivity contribution in [3.8, 4) is 0 Å². The third-order valence-corrected chi connectivity index (χ3v) is 4.46. The summed E-state index contributed by atoms with van der Waals surface area (Å²) in [6.45, 7) is 10.7. The van der Waals surface area contributed by atoms with Gasteiger partial charge in [-0.15, -0.1) is 0 Å². The van der Waals surface area contributed by atoms with Crippen LogP contribution in [0.15, 0.2) is 0 Å². The van der Waals surface area contributed by atoms with E-state index in [-0.39, 0.29) is 5.60 Å². The molecule has 110 valence electrons. The molecule has 2 aliphatic rings. The van der Waals surface area contributed by atoms with E-state index in [1.54, 1.807) is 0 Å². The minimum atomic E-state index is -0.189. The molecule has 0 aromatic carbocycles. The Hall–Kier alpha value is -0.610. The Bertz CT molecular complexity index is 311. The van der Waals surface area contributed by atoms with Gasteiger partial charge < -0.3 is 15.0 Å². The average molecular weight is 268 g/mol. The predicted molar refractivity (Wildman–Crippen MR) is 76.0 cm³/mol. The van der Waals surface area contributed by atoms with Crippen molar-refractivity contribution >= 4 is 5.91 Å². The maximum absolute atomic E-state index is 12.4. The fraction of sp³-hybridized carbons (Fsp3) is 0.933. The van der Waals surface area contributed by atoms with Crippen molar-refractivity contribution in [1.29, 1.82) is 0 Å². The fourth-order valence-corrected chi connectivity index (χ4v) is 3.21. The molecule has 2 fully saturated rings. The Balaban J connectivity index is 1.82. The van der Waals surface area contributed by atoms with Crippen LogP contribution in [0.4, 0.5) is 0 Å². The molecule has 0 aromatic rings. The lowest BCUT2D eigenvalue weighted by atomic mass is 9.84. The molecule has 2 heterocycles. The van der Waals surface area contributed by atoms with Crippen LogP contribution < -0.4 is 5.32 Å². The fourth-order valence-electron chi connectivity index (χ4n) is 3.21. The number of amides is 1. The van der Waals surface area contributed by atoms with Gasteiger partial charge in [-0.3, -0.25) is 4.79 Å². The molecular formula is C15H28N2O2. The van der Waals surface area contributed by atoms with Crippen LogP contribution >= 0.6 is 0 Å². The SMILES string of the molecule is CC(CC(=O)N1CCOC(C)(C)C1)C1CCNCC1. The molecule has 4 heteroatoms. The lowest BCUT2D eigenvalue weighted by Gasteiger charge is -2.39. The molecule has 0 bridgehead atoms. The molecule has 19 heavy (non-hydrogen) atoms. The number of carbonyl (C=O) groups excluding carboxylic acids is 1. The zero-order valence-corrected chi connectivity index (χ0v) is 12.6. The molecule has 2 aliphatic heterocycles. The van der Waals surface area contributed by atoms with Crippen LogP contribution in [0.3, 0.4) is 0 Å². The van der Waals surface area contributed by atoms with Gasteiger partial charge in [0.2, 0.25) is 5.91 Å². The summed E-state index contributed by atoms with van der Waals surface area (Å²) >= 11 is 0. The molecular weight excluding hydrogens is 240 g/mol. The minimum Gasteiger partial charge on any atom is -0.372 e. The lowest BCUT2D eigenvalue weighted by molar-refractivity contribution is -0.147. The van der Waals surface area contributed by atoms with E-state index in [9.17, 15) is 4.79 Å². The topological polar surface area (TPSA) is 41.6 Å². The van der Waals surface area contributed by atoms with Crippen molar-refractivity contribution in [2.24, 2.45) is 11.8 Å². The van der Waals surface area contributed by atoms with Gasteiger partial charge in [-0.05, 0) is 51.6 Å². The summed E-state index contributed by atoms with van der Waals surface area (Å²) in [5.41, 5.74) is -0.189. The summed E-state index contributed by atoms with van der Waals surface area (Å²) in [6, 6.07) is 0. The zero-order chi connectivity index (χ0) is 13.9. The van der Waals surface area contributed by atoms with Crippen LogP contribution in [-0.4, -0.2) is 49.2 Å². The number of hydrogen-bond acceptors (Lipinski definition) is 3. The van der Waals surface area contributed by atoms with Crippen LogP contribution in [0, 0.1) is 11.8 Å². The first-order chi connectivity index (χ1) is 8.98. The van der Waals surface area contributed by atoms with Gasteiger partial charge in [-0.1, -0.05) is 6.92 Å². The molecule has 2 saturated heterocycles. The number of hydrogen-bond donors (Lipinski definition) is 1. The van der Waals surface area contributed by atoms with E-state index in [4.69, 9.17) is 4.74 Å². The molecule has 0 spiro atoms. The van der Waals surface area contributed by atoms with Gasteiger partial charge in [0.05, 0.1) is 12.2 Å². The number of ether oxygens (including phenoxy) is 1. The van der Waals surface area contributed by atoms with Gasteiger partial charge in [0, 0.05) is 19.5 Å². The summed E-state index contributed by atoms with van der Waals surface area (Å²) in [5.74, 6) is 1.52. The van der Waals surface area contributed by atoms with E-state index in [2.05, 4.69) is 26.1 Å². The number of nitrogens with zero attached hydrogens (tertiary/aromatic N) is 1. The summed E-state index contributed by atoms with van der Waals surface area (Å²) in [5, 5.41) is 3.39. The molecule has 0 radical (unpaired) electrons. The maximum Gasteiger partial charge on any atom is 0.223 e. The van der Waals surface area contributed by atoms with Gasteiger partial charge in [-0.2, -0.15) is 0 Å². The Kier molecular flexibility index (Phi) is 4.85. The van der Waals surface area contributed by atoms with E-state index in [1.165, 1.54) is 12.8 Å². The van der Waals surface area contributed by atoms with Crippen molar-refractivity contribution in [2.75, 3.05) is 32.8 Å². The van der Waals surface area contributed by atoms with E-state index in [0.29, 0.717) is 30.8 Å². The largest absolute Gasteiger partial charge is 0.372 e. The molecule has 4 nitrogen and oxygen atoms in total. The number of rotatable bonds is 3. The van der Waals surface area contributed by atoms with Gasteiger partial charge in [0.1, 0.15) is 0 Å². The van der Waals surface area contributed by atoms with E-state index < -0.39 is 0 Å². The first kappa shape index (κ1) is 14.8. The quantitative estimate of drug-likeness (QED) is 0.846. The Labute approximate surface area is 116 Å². The number of carbonyl (C=O) groups is 1. The van der Waals surface area contributed by atoms with Gasteiger partial charge in [0.15, 0.2) is 0 Å². The molecule has 0 aromatic heterocycles. The maximum atomic E-state index is 12.4. The molecule has 0 aliphatic carbocycles. The highest BCUT2D eigenvalue weighted by atomic mass is 16.5. The monoisotopic (exact) mass is 268 g/mol. The second-order valence-corrected chi connectivity index (χ2v) is 6.69. The van der Waals surface area contributed by atoms with Gasteiger partial charge in [0.25, 0.3) is 0 Å². The Morgan fingerprint density at radius 2 is 2.11 bits per heavy atom. The highest BCUT2D eigenvalue weighted by Crippen LogP contribution is 2.26. The summed E-state index contributed by atoms with van der Waals surface area (Å²) < 4.78 is 5.66. The Morgan fingerprint density at radius 3 is 2.74 bits per heavy atom. The molecule has 1 unspecified atom stereocenters. The van der Waals surface area contributed by atoms with Crippen LogP contribution in [0.25, 0.3) is 0 Å². The zero-order valence-electron chi connectivity index (χ0n) is 12.6. The van der Waals surface area contributed by atoms with Crippen molar-refractivity contribution in [1.82, 2.24) is 10.2 Å². The van der Waals surface area contributed by atoms with Gasteiger partial charge >= 0.3 is 0 Å². The third kappa shape index (κ3) is 4.18.